The van der Waals surface area contributed by atoms with E-state index in [4.69, 9.17) is 0 Å². The molecule has 1 fully saturated rings. The number of hydrogen-bond acceptors (Lipinski definition) is 4. The number of pyridine rings is 1. The molecule has 1 N–H and O–H groups in total. The lowest BCUT2D eigenvalue weighted by atomic mass is 9.92. The molecule has 0 spiro atoms. The van der Waals surface area contributed by atoms with Gasteiger partial charge in [-0.3, -0.25) is 9.67 Å². The Labute approximate surface area is 149 Å². The van der Waals surface area contributed by atoms with Gasteiger partial charge in [0.15, 0.2) is 0 Å². The van der Waals surface area contributed by atoms with Crippen LogP contribution in [0.15, 0.2) is 35.6 Å². The van der Waals surface area contributed by atoms with Gasteiger partial charge in [-0.05, 0) is 30.5 Å². The third-order valence-corrected chi connectivity index (χ3v) is 6.01. The molecule has 25 heavy (non-hydrogen) atoms. The Morgan fingerprint density at radius 2 is 1.84 bits per heavy atom. The van der Waals surface area contributed by atoms with E-state index in [1.54, 1.807) is 30.7 Å². The molecule has 0 bridgehead atoms. The normalized spacial score (nSPS) is 16.4. The zero-order valence-corrected chi connectivity index (χ0v) is 15.9. The standard InChI is InChI=1S/C18H26N4O2S/c1-18(2,3)17-16(13-22(21-17)15-6-4-5-7-15)25(23,24)20-12-14-8-10-19-11-9-14/h8-11,13,15,20H,4-7,12H2,1-3H3. The predicted molar refractivity (Wildman–Crippen MR) is 96.7 cm³/mol. The van der Waals surface area contributed by atoms with Crippen LogP contribution in [-0.4, -0.2) is 23.2 Å². The molecule has 6 nitrogen and oxygen atoms in total. The van der Waals surface area contributed by atoms with Gasteiger partial charge in [-0.15, -0.1) is 0 Å². The van der Waals surface area contributed by atoms with Crippen molar-refractivity contribution in [3.8, 4) is 0 Å². The Kier molecular flexibility index (Phi) is 4.97. The molecule has 0 unspecified atom stereocenters. The monoisotopic (exact) mass is 362 g/mol. The Morgan fingerprint density at radius 1 is 1.20 bits per heavy atom. The summed E-state index contributed by atoms with van der Waals surface area (Å²) in [4.78, 5) is 4.24. The number of sulfonamides is 1. The van der Waals surface area contributed by atoms with Crippen molar-refractivity contribution in [1.82, 2.24) is 19.5 Å². The van der Waals surface area contributed by atoms with E-state index < -0.39 is 10.0 Å². The quantitative estimate of drug-likeness (QED) is 0.886. The van der Waals surface area contributed by atoms with Crippen molar-refractivity contribution >= 4 is 10.0 Å². The van der Waals surface area contributed by atoms with Crippen molar-refractivity contribution in [2.75, 3.05) is 0 Å². The molecule has 2 aromatic heterocycles. The number of rotatable bonds is 5. The van der Waals surface area contributed by atoms with Crippen molar-refractivity contribution in [3.63, 3.8) is 0 Å². The lowest BCUT2D eigenvalue weighted by molar-refractivity contribution is 0.448. The Morgan fingerprint density at radius 3 is 2.44 bits per heavy atom. The van der Waals surface area contributed by atoms with E-state index in [2.05, 4.69) is 14.8 Å². The van der Waals surface area contributed by atoms with Crippen molar-refractivity contribution in [1.29, 1.82) is 0 Å². The third-order valence-electron chi connectivity index (χ3n) is 4.61. The number of hydrogen-bond donors (Lipinski definition) is 1. The molecule has 1 aliphatic carbocycles. The van der Waals surface area contributed by atoms with E-state index in [1.807, 2.05) is 25.5 Å². The molecule has 7 heteroatoms. The van der Waals surface area contributed by atoms with Gasteiger partial charge in [0.05, 0.1) is 11.7 Å². The summed E-state index contributed by atoms with van der Waals surface area (Å²) < 4.78 is 30.4. The molecule has 1 aliphatic rings. The van der Waals surface area contributed by atoms with Gasteiger partial charge >= 0.3 is 0 Å². The summed E-state index contributed by atoms with van der Waals surface area (Å²) in [5, 5.41) is 4.67. The molecule has 0 radical (unpaired) electrons. The third kappa shape index (κ3) is 4.10. The average molecular weight is 362 g/mol. The summed E-state index contributed by atoms with van der Waals surface area (Å²) in [7, 11) is -3.63. The fourth-order valence-electron chi connectivity index (χ4n) is 3.20. The first-order valence-corrected chi connectivity index (χ1v) is 10.2. The highest BCUT2D eigenvalue weighted by atomic mass is 32.2. The molecule has 3 rings (SSSR count). The molecule has 136 valence electrons. The molecular weight excluding hydrogens is 336 g/mol. The second-order valence-electron chi connectivity index (χ2n) is 7.69. The minimum Gasteiger partial charge on any atom is -0.268 e. The SMILES string of the molecule is CC(C)(C)c1nn(C2CCCC2)cc1S(=O)(=O)NCc1ccncc1. The van der Waals surface area contributed by atoms with Crippen molar-refractivity contribution in [2.24, 2.45) is 0 Å². The highest BCUT2D eigenvalue weighted by Gasteiger charge is 2.31. The zero-order chi connectivity index (χ0) is 18.1. The van der Waals surface area contributed by atoms with Gasteiger partial charge in [0, 0.05) is 30.6 Å². The van der Waals surface area contributed by atoms with Gasteiger partial charge in [0.25, 0.3) is 0 Å². The molecule has 0 aliphatic heterocycles. The maximum atomic E-state index is 12.9. The highest BCUT2D eigenvalue weighted by Crippen LogP contribution is 2.33. The summed E-state index contributed by atoms with van der Waals surface area (Å²) in [5.74, 6) is 0. The maximum Gasteiger partial charge on any atom is 0.244 e. The molecule has 1 saturated carbocycles. The van der Waals surface area contributed by atoms with Crippen LogP contribution in [0.5, 0.6) is 0 Å². The molecule has 0 atom stereocenters. The maximum absolute atomic E-state index is 12.9. The fourth-order valence-corrected chi connectivity index (χ4v) is 4.56. The van der Waals surface area contributed by atoms with Crippen LogP contribution in [0.25, 0.3) is 0 Å². The fraction of sp³-hybridized carbons (Fsp3) is 0.556. The van der Waals surface area contributed by atoms with Gasteiger partial charge in [-0.2, -0.15) is 5.10 Å². The molecule has 2 heterocycles. The highest BCUT2D eigenvalue weighted by molar-refractivity contribution is 7.89. The van der Waals surface area contributed by atoms with Crippen LogP contribution in [0.3, 0.4) is 0 Å². The van der Waals surface area contributed by atoms with Gasteiger partial charge in [-0.25, -0.2) is 13.1 Å². The molecule has 0 amide bonds. The summed E-state index contributed by atoms with van der Waals surface area (Å²) >= 11 is 0. The van der Waals surface area contributed by atoms with E-state index in [1.165, 1.54) is 12.8 Å². The molecule has 0 saturated heterocycles. The van der Waals surface area contributed by atoms with Crippen LogP contribution in [-0.2, 0) is 22.0 Å². The largest absolute Gasteiger partial charge is 0.268 e. The van der Waals surface area contributed by atoms with E-state index in [0.29, 0.717) is 16.6 Å². The zero-order valence-electron chi connectivity index (χ0n) is 15.1. The van der Waals surface area contributed by atoms with Crippen molar-refractivity contribution in [2.45, 2.75) is 69.4 Å². The van der Waals surface area contributed by atoms with Crippen molar-refractivity contribution < 1.29 is 8.42 Å². The minimum atomic E-state index is -3.63. The average Bonchev–Trinajstić information content (AvgIpc) is 3.22. The van der Waals surface area contributed by atoms with E-state index in [-0.39, 0.29) is 12.0 Å². The topological polar surface area (TPSA) is 76.9 Å². The summed E-state index contributed by atoms with van der Waals surface area (Å²) in [6.07, 6.45) is 9.51. The number of aromatic nitrogens is 3. The summed E-state index contributed by atoms with van der Waals surface area (Å²) in [5.41, 5.74) is 1.16. The van der Waals surface area contributed by atoms with Crippen LogP contribution >= 0.6 is 0 Å². The van der Waals surface area contributed by atoms with Crippen LogP contribution in [0, 0.1) is 0 Å². The van der Waals surface area contributed by atoms with Crippen LogP contribution in [0.4, 0.5) is 0 Å². The van der Waals surface area contributed by atoms with Gasteiger partial charge < -0.3 is 0 Å². The lowest BCUT2D eigenvalue weighted by Gasteiger charge is -2.18. The van der Waals surface area contributed by atoms with Crippen LogP contribution < -0.4 is 4.72 Å². The Bertz CT molecular complexity index is 817. The van der Waals surface area contributed by atoms with Crippen molar-refractivity contribution in [3.05, 3.63) is 42.0 Å². The second-order valence-corrected chi connectivity index (χ2v) is 9.43. The molecule has 2 aromatic rings. The van der Waals surface area contributed by atoms with Crippen LogP contribution in [0.2, 0.25) is 0 Å². The van der Waals surface area contributed by atoms with E-state index in [9.17, 15) is 8.42 Å². The first-order valence-electron chi connectivity index (χ1n) is 8.75. The predicted octanol–water partition coefficient (Wildman–Crippen LogP) is 3.17. The van der Waals surface area contributed by atoms with E-state index in [0.717, 1.165) is 18.4 Å². The molecule has 0 aromatic carbocycles. The smallest absolute Gasteiger partial charge is 0.244 e. The second kappa shape index (κ2) is 6.88. The summed E-state index contributed by atoms with van der Waals surface area (Å²) in [6.45, 7) is 6.23. The summed E-state index contributed by atoms with van der Waals surface area (Å²) in [6, 6.07) is 3.91. The van der Waals surface area contributed by atoms with Crippen LogP contribution in [0.1, 0.15) is 63.8 Å². The Balaban J connectivity index is 1.90. The number of nitrogens with one attached hydrogen (secondary N) is 1. The number of nitrogens with zero attached hydrogens (tertiary/aromatic N) is 3. The van der Waals surface area contributed by atoms with Gasteiger partial charge in [0.2, 0.25) is 10.0 Å². The molecular formula is C18H26N4O2S. The first kappa shape index (κ1) is 18.1. The lowest BCUT2D eigenvalue weighted by Crippen LogP contribution is -2.26. The van der Waals surface area contributed by atoms with Gasteiger partial charge in [-0.1, -0.05) is 33.6 Å². The van der Waals surface area contributed by atoms with Gasteiger partial charge in [0.1, 0.15) is 4.90 Å². The van der Waals surface area contributed by atoms with E-state index >= 15 is 0 Å². The minimum absolute atomic E-state index is 0.239. The first-order chi connectivity index (χ1) is 11.8. The Hall–Kier alpha value is -1.73.